The van der Waals surface area contributed by atoms with Crippen LogP contribution in [-0.2, 0) is 5.41 Å². The second kappa shape index (κ2) is 4.20. The largest absolute Gasteiger partial charge is 0.407 e. The summed E-state index contributed by atoms with van der Waals surface area (Å²) < 4.78 is 5.81. The van der Waals surface area contributed by atoms with Gasteiger partial charge in [-0.05, 0) is 18.8 Å². The van der Waals surface area contributed by atoms with Crippen LogP contribution in [-0.4, -0.2) is 35.0 Å². The summed E-state index contributed by atoms with van der Waals surface area (Å²) in [5.41, 5.74) is -0.0497. The molecule has 1 saturated heterocycles. The minimum absolute atomic E-state index is 0.0658. The number of hydrogen-bond acceptors (Lipinski definition) is 5. The van der Waals surface area contributed by atoms with Gasteiger partial charge in [-0.2, -0.15) is 0 Å². The maximum Gasteiger partial charge on any atom is 0.318 e. The molecule has 3 rings (SSSR count). The number of aliphatic hydroxyl groups excluding tert-OH is 1. The van der Waals surface area contributed by atoms with Gasteiger partial charge in [-0.3, -0.25) is 0 Å². The van der Waals surface area contributed by atoms with Gasteiger partial charge in [0.15, 0.2) is 0 Å². The normalized spacial score (nSPS) is 30.9. The van der Waals surface area contributed by atoms with Crippen molar-refractivity contribution >= 4 is 6.01 Å². The van der Waals surface area contributed by atoms with E-state index in [0.717, 1.165) is 19.5 Å². The Labute approximate surface area is 114 Å². The van der Waals surface area contributed by atoms with E-state index in [1.165, 1.54) is 12.8 Å². The number of nitrogens with zero attached hydrogens (tertiary/aromatic N) is 3. The topological polar surface area (TPSA) is 62.4 Å². The van der Waals surface area contributed by atoms with E-state index in [4.69, 9.17) is 4.42 Å². The molecule has 1 aromatic rings. The molecule has 5 nitrogen and oxygen atoms in total. The van der Waals surface area contributed by atoms with Gasteiger partial charge in [0.2, 0.25) is 5.89 Å². The fourth-order valence-electron chi connectivity index (χ4n) is 3.46. The molecule has 2 atom stereocenters. The smallest absolute Gasteiger partial charge is 0.318 e. The van der Waals surface area contributed by atoms with Crippen molar-refractivity contribution in [3.63, 3.8) is 0 Å². The summed E-state index contributed by atoms with van der Waals surface area (Å²) in [6.45, 7) is 8.26. The van der Waals surface area contributed by atoms with Crippen LogP contribution in [0.5, 0.6) is 0 Å². The van der Waals surface area contributed by atoms with Crippen LogP contribution in [0.4, 0.5) is 6.01 Å². The van der Waals surface area contributed by atoms with Gasteiger partial charge in [-0.25, -0.2) is 0 Å². The van der Waals surface area contributed by atoms with Gasteiger partial charge >= 0.3 is 6.01 Å². The molecule has 19 heavy (non-hydrogen) atoms. The van der Waals surface area contributed by atoms with E-state index >= 15 is 0 Å². The molecule has 106 valence electrons. The molecule has 1 aliphatic heterocycles. The van der Waals surface area contributed by atoms with Crippen LogP contribution in [0.15, 0.2) is 4.42 Å². The first-order valence-corrected chi connectivity index (χ1v) is 7.14. The van der Waals surface area contributed by atoms with Crippen LogP contribution in [0.1, 0.15) is 45.9 Å². The Bertz CT molecular complexity index is 466. The highest BCUT2D eigenvalue weighted by molar-refractivity contribution is 5.30. The SMILES string of the molecule is CC(C)(C)c1nnc(N2C[C@@H]3CCC[C@]3(CO)C2)o1. The average Bonchev–Trinajstić information content (AvgIpc) is 3.00. The van der Waals surface area contributed by atoms with Gasteiger partial charge in [0.1, 0.15) is 0 Å². The van der Waals surface area contributed by atoms with Crippen LogP contribution in [0.3, 0.4) is 0 Å². The van der Waals surface area contributed by atoms with E-state index in [0.29, 0.717) is 17.8 Å². The fourth-order valence-corrected chi connectivity index (χ4v) is 3.46. The lowest BCUT2D eigenvalue weighted by Gasteiger charge is -2.25. The Morgan fingerprint density at radius 2 is 2.21 bits per heavy atom. The maximum atomic E-state index is 9.73. The van der Waals surface area contributed by atoms with Crippen LogP contribution < -0.4 is 4.90 Å². The fraction of sp³-hybridized carbons (Fsp3) is 0.857. The first-order valence-electron chi connectivity index (χ1n) is 7.14. The zero-order valence-corrected chi connectivity index (χ0v) is 12.0. The standard InChI is InChI=1S/C14H23N3O2/c1-13(2,3)11-15-16-12(19-11)17-7-10-5-4-6-14(10,8-17)9-18/h10,18H,4-9H2,1-3H3/t10-,14+/m0/s1. The summed E-state index contributed by atoms with van der Waals surface area (Å²) in [4.78, 5) is 2.16. The predicted octanol–water partition coefficient (Wildman–Crippen LogP) is 1.97. The Morgan fingerprint density at radius 1 is 1.42 bits per heavy atom. The molecule has 1 saturated carbocycles. The number of aromatic nitrogens is 2. The highest BCUT2D eigenvalue weighted by Gasteiger charge is 2.50. The maximum absolute atomic E-state index is 9.73. The summed E-state index contributed by atoms with van der Waals surface area (Å²) in [5, 5.41) is 18.1. The summed E-state index contributed by atoms with van der Waals surface area (Å²) in [6.07, 6.45) is 3.55. The monoisotopic (exact) mass is 265 g/mol. The molecule has 0 bridgehead atoms. The molecule has 2 aliphatic rings. The second-order valence-electron chi connectivity index (χ2n) is 7.13. The molecule has 0 unspecified atom stereocenters. The molecule has 2 fully saturated rings. The summed E-state index contributed by atoms with van der Waals surface area (Å²) in [7, 11) is 0. The van der Waals surface area contributed by atoms with Crippen molar-refractivity contribution in [3.05, 3.63) is 5.89 Å². The van der Waals surface area contributed by atoms with E-state index in [9.17, 15) is 5.11 Å². The number of aliphatic hydroxyl groups is 1. The van der Waals surface area contributed by atoms with Crippen molar-refractivity contribution in [3.8, 4) is 0 Å². The van der Waals surface area contributed by atoms with Crippen LogP contribution in [0.2, 0.25) is 0 Å². The van der Waals surface area contributed by atoms with Crippen molar-refractivity contribution in [1.82, 2.24) is 10.2 Å². The zero-order valence-electron chi connectivity index (χ0n) is 12.0. The van der Waals surface area contributed by atoms with Crippen molar-refractivity contribution in [2.75, 3.05) is 24.6 Å². The predicted molar refractivity (Wildman–Crippen MR) is 72.1 cm³/mol. The lowest BCUT2D eigenvalue weighted by molar-refractivity contribution is 0.121. The molecular weight excluding hydrogens is 242 g/mol. The highest BCUT2D eigenvalue weighted by atomic mass is 16.4. The minimum Gasteiger partial charge on any atom is -0.407 e. The quantitative estimate of drug-likeness (QED) is 0.885. The molecule has 0 aromatic carbocycles. The van der Waals surface area contributed by atoms with Gasteiger partial charge in [0, 0.05) is 23.9 Å². The van der Waals surface area contributed by atoms with Crippen LogP contribution in [0.25, 0.3) is 0 Å². The molecule has 1 N–H and O–H groups in total. The van der Waals surface area contributed by atoms with Crippen molar-refractivity contribution in [1.29, 1.82) is 0 Å². The minimum atomic E-state index is -0.116. The summed E-state index contributed by atoms with van der Waals surface area (Å²) in [5.74, 6) is 1.25. The molecule has 1 aromatic heterocycles. The number of anilines is 1. The van der Waals surface area contributed by atoms with Crippen molar-refractivity contribution in [2.45, 2.75) is 45.4 Å². The molecule has 0 spiro atoms. The third-order valence-corrected chi connectivity index (χ3v) is 4.68. The summed E-state index contributed by atoms with van der Waals surface area (Å²) >= 11 is 0. The number of fused-ring (bicyclic) bond motifs is 1. The molecule has 0 amide bonds. The molecule has 5 heteroatoms. The Balaban J connectivity index is 1.80. The van der Waals surface area contributed by atoms with Crippen molar-refractivity contribution < 1.29 is 9.52 Å². The van der Waals surface area contributed by atoms with Crippen LogP contribution >= 0.6 is 0 Å². The van der Waals surface area contributed by atoms with Gasteiger partial charge in [-0.15, -0.1) is 5.10 Å². The van der Waals surface area contributed by atoms with Crippen LogP contribution in [0, 0.1) is 11.3 Å². The second-order valence-corrected chi connectivity index (χ2v) is 7.13. The lowest BCUT2D eigenvalue weighted by Crippen LogP contribution is -2.31. The Kier molecular flexibility index (Phi) is 2.85. The Morgan fingerprint density at radius 3 is 2.79 bits per heavy atom. The van der Waals surface area contributed by atoms with Gasteiger partial charge in [-0.1, -0.05) is 32.3 Å². The highest BCUT2D eigenvalue weighted by Crippen LogP contribution is 2.49. The number of hydrogen-bond donors (Lipinski definition) is 1. The summed E-state index contributed by atoms with van der Waals surface area (Å²) in [6, 6.07) is 0.618. The van der Waals surface area contributed by atoms with E-state index in [1.807, 2.05) is 0 Å². The van der Waals surface area contributed by atoms with E-state index < -0.39 is 0 Å². The van der Waals surface area contributed by atoms with E-state index in [-0.39, 0.29) is 17.4 Å². The lowest BCUT2D eigenvalue weighted by atomic mass is 9.82. The molecule has 1 aliphatic carbocycles. The van der Waals surface area contributed by atoms with Crippen molar-refractivity contribution in [2.24, 2.45) is 11.3 Å². The van der Waals surface area contributed by atoms with Gasteiger partial charge in [0.05, 0.1) is 6.61 Å². The Hall–Kier alpha value is -1.10. The first-order chi connectivity index (χ1) is 8.94. The zero-order chi connectivity index (χ0) is 13.7. The molecule has 2 heterocycles. The molecule has 0 radical (unpaired) electrons. The van der Waals surface area contributed by atoms with E-state index in [2.05, 4.69) is 35.9 Å². The van der Waals surface area contributed by atoms with E-state index in [1.54, 1.807) is 0 Å². The molecular formula is C14H23N3O2. The van der Waals surface area contributed by atoms with Gasteiger partial charge < -0.3 is 14.4 Å². The third kappa shape index (κ3) is 2.04. The first kappa shape index (κ1) is 12.9. The number of rotatable bonds is 2. The average molecular weight is 265 g/mol. The third-order valence-electron chi connectivity index (χ3n) is 4.68. The van der Waals surface area contributed by atoms with Gasteiger partial charge in [0.25, 0.3) is 0 Å².